The van der Waals surface area contributed by atoms with Crippen LogP contribution in [0.1, 0.15) is 18.1 Å². The maximum atomic E-state index is 12.7. The fourth-order valence-corrected chi connectivity index (χ4v) is 3.23. The Hall–Kier alpha value is -2.20. The van der Waals surface area contributed by atoms with Crippen LogP contribution in [0.15, 0.2) is 36.4 Å². The minimum atomic E-state index is -0.269. The van der Waals surface area contributed by atoms with Crippen molar-refractivity contribution < 1.29 is 9.53 Å². The zero-order valence-electron chi connectivity index (χ0n) is 14.1. The summed E-state index contributed by atoms with van der Waals surface area (Å²) in [7, 11) is 1.57. The molecule has 0 saturated heterocycles. The molecule has 0 radical (unpaired) electrons. The van der Waals surface area contributed by atoms with E-state index in [1.54, 1.807) is 13.2 Å². The number of nitrogens with zero attached hydrogens (tertiary/aromatic N) is 1. The van der Waals surface area contributed by atoms with Crippen molar-refractivity contribution in [1.82, 2.24) is 0 Å². The smallest absolute Gasteiger partial charge is 0.246 e. The second-order valence-corrected chi connectivity index (χ2v) is 6.45. The monoisotopic (exact) mass is 344 g/mol. The molecular formula is C19H21ClN2O2. The maximum absolute atomic E-state index is 12.7. The number of hydrogen-bond donors (Lipinski definition) is 1. The van der Waals surface area contributed by atoms with Crippen LogP contribution < -0.4 is 15.0 Å². The molecule has 3 rings (SSSR count). The first kappa shape index (κ1) is 16.7. The number of ether oxygens (including phenoxy) is 1. The van der Waals surface area contributed by atoms with Crippen LogP contribution in [-0.4, -0.2) is 25.6 Å². The van der Waals surface area contributed by atoms with Gasteiger partial charge in [0.25, 0.3) is 0 Å². The molecule has 1 aliphatic heterocycles. The molecule has 1 N–H and O–H groups in total. The first-order chi connectivity index (χ1) is 11.5. The highest BCUT2D eigenvalue weighted by Crippen LogP contribution is 2.32. The van der Waals surface area contributed by atoms with Crippen molar-refractivity contribution in [3.63, 3.8) is 0 Å². The SMILES string of the molecule is COc1cc(Cl)c(C)cc1NC(=O)[C@H](C)N1CCc2ccccc21. The molecule has 0 saturated carbocycles. The Morgan fingerprint density at radius 2 is 2.08 bits per heavy atom. The second kappa shape index (κ2) is 6.73. The third kappa shape index (κ3) is 3.06. The topological polar surface area (TPSA) is 41.6 Å². The van der Waals surface area contributed by atoms with E-state index in [2.05, 4.69) is 22.3 Å². The van der Waals surface area contributed by atoms with Gasteiger partial charge in [-0.1, -0.05) is 29.8 Å². The molecule has 0 unspecified atom stereocenters. The van der Waals surface area contributed by atoms with E-state index in [-0.39, 0.29) is 11.9 Å². The Balaban J connectivity index is 1.80. The van der Waals surface area contributed by atoms with Gasteiger partial charge in [0.15, 0.2) is 0 Å². The number of methoxy groups -OCH3 is 1. The average Bonchev–Trinajstić information content (AvgIpc) is 3.01. The average molecular weight is 345 g/mol. The fraction of sp³-hybridized carbons (Fsp3) is 0.316. The van der Waals surface area contributed by atoms with Crippen molar-refractivity contribution in [2.24, 2.45) is 0 Å². The van der Waals surface area contributed by atoms with E-state index in [4.69, 9.17) is 16.3 Å². The number of halogens is 1. The van der Waals surface area contributed by atoms with Crippen LogP contribution in [0.25, 0.3) is 0 Å². The van der Waals surface area contributed by atoms with Gasteiger partial charge in [0.2, 0.25) is 5.91 Å². The van der Waals surface area contributed by atoms with Gasteiger partial charge in [0, 0.05) is 23.3 Å². The summed E-state index contributed by atoms with van der Waals surface area (Å²) in [6.07, 6.45) is 0.969. The predicted octanol–water partition coefficient (Wildman–Crippen LogP) is 4.05. The molecule has 0 spiro atoms. The lowest BCUT2D eigenvalue weighted by Gasteiger charge is -2.26. The Kier molecular flexibility index (Phi) is 4.67. The van der Waals surface area contributed by atoms with E-state index in [1.807, 2.05) is 32.0 Å². The summed E-state index contributed by atoms with van der Waals surface area (Å²) in [6, 6.07) is 11.5. The lowest BCUT2D eigenvalue weighted by molar-refractivity contribution is -0.117. The minimum absolute atomic E-state index is 0.0632. The summed E-state index contributed by atoms with van der Waals surface area (Å²) in [5.41, 5.74) is 3.96. The molecule has 0 aliphatic carbocycles. The number of carbonyl (C=O) groups is 1. The lowest BCUT2D eigenvalue weighted by Crippen LogP contribution is -2.41. The number of aryl methyl sites for hydroxylation is 1. The Labute approximate surface area is 147 Å². The van der Waals surface area contributed by atoms with Gasteiger partial charge in [-0.2, -0.15) is 0 Å². The zero-order chi connectivity index (χ0) is 17.3. The van der Waals surface area contributed by atoms with Gasteiger partial charge in [-0.25, -0.2) is 0 Å². The molecule has 4 nitrogen and oxygen atoms in total. The molecule has 2 aromatic carbocycles. The van der Waals surface area contributed by atoms with Crippen molar-refractivity contribution in [3.05, 3.63) is 52.5 Å². The molecular weight excluding hydrogens is 324 g/mol. The molecule has 126 valence electrons. The number of carbonyl (C=O) groups excluding carboxylic acids is 1. The molecule has 2 aromatic rings. The number of anilines is 2. The van der Waals surface area contributed by atoms with Gasteiger partial charge in [0.05, 0.1) is 12.8 Å². The van der Waals surface area contributed by atoms with E-state index in [1.165, 1.54) is 5.56 Å². The van der Waals surface area contributed by atoms with Crippen LogP contribution >= 0.6 is 11.6 Å². The Morgan fingerprint density at radius 3 is 2.83 bits per heavy atom. The minimum Gasteiger partial charge on any atom is -0.495 e. The number of rotatable bonds is 4. The molecule has 0 aromatic heterocycles. The molecule has 1 amide bonds. The largest absolute Gasteiger partial charge is 0.495 e. The summed E-state index contributed by atoms with van der Waals surface area (Å²) >= 11 is 6.12. The van der Waals surface area contributed by atoms with Gasteiger partial charge >= 0.3 is 0 Å². The van der Waals surface area contributed by atoms with Gasteiger partial charge < -0.3 is 15.0 Å². The number of nitrogens with one attached hydrogen (secondary N) is 1. The molecule has 1 aliphatic rings. The van der Waals surface area contributed by atoms with Gasteiger partial charge in [-0.15, -0.1) is 0 Å². The van der Waals surface area contributed by atoms with E-state index in [0.29, 0.717) is 16.5 Å². The summed E-state index contributed by atoms with van der Waals surface area (Å²) in [6.45, 7) is 4.68. The highest BCUT2D eigenvalue weighted by Gasteiger charge is 2.27. The van der Waals surface area contributed by atoms with Crippen LogP contribution in [0.2, 0.25) is 5.02 Å². The van der Waals surface area contributed by atoms with Crippen LogP contribution in [0.4, 0.5) is 11.4 Å². The number of para-hydroxylation sites is 1. The van der Waals surface area contributed by atoms with Crippen molar-refractivity contribution in [1.29, 1.82) is 0 Å². The number of fused-ring (bicyclic) bond motifs is 1. The highest BCUT2D eigenvalue weighted by atomic mass is 35.5. The van der Waals surface area contributed by atoms with Crippen molar-refractivity contribution in [3.8, 4) is 5.75 Å². The molecule has 1 heterocycles. The molecule has 24 heavy (non-hydrogen) atoms. The highest BCUT2D eigenvalue weighted by molar-refractivity contribution is 6.31. The predicted molar refractivity (Wildman–Crippen MR) is 98.3 cm³/mol. The van der Waals surface area contributed by atoms with Crippen LogP contribution in [0, 0.1) is 6.92 Å². The van der Waals surface area contributed by atoms with E-state index < -0.39 is 0 Å². The summed E-state index contributed by atoms with van der Waals surface area (Å²) in [5, 5.41) is 3.59. The fourth-order valence-electron chi connectivity index (χ4n) is 3.07. The van der Waals surface area contributed by atoms with E-state index in [0.717, 1.165) is 24.2 Å². The molecule has 5 heteroatoms. The van der Waals surface area contributed by atoms with Crippen molar-refractivity contribution in [2.45, 2.75) is 26.3 Å². The summed E-state index contributed by atoms with van der Waals surface area (Å²) < 4.78 is 5.33. The second-order valence-electron chi connectivity index (χ2n) is 6.04. The van der Waals surface area contributed by atoms with Crippen LogP contribution in [-0.2, 0) is 11.2 Å². The zero-order valence-corrected chi connectivity index (χ0v) is 14.9. The Morgan fingerprint density at radius 1 is 1.33 bits per heavy atom. The van der Waals surface area contributed by atoms with E-state index in [9.17, 15) is 4.79 Å². The van der Waals surface area contributed by atoms with Gasteiger partial charge in [-0.3, -0.25) is 4.79 Å². The molecule has 1 atom stereocenters. The summed E-state index contributed by atoms with van der Waals surface area (Å²) in [5.74, 6) is 0.500. The van der Waals surface area contributed by atoms with Gasteiger partial charge in [0.1, 0.15) is 11.8 Å². The Bertz CT molecular complexity index is 776. The molecule has 0 bridgehead atoms. The quantitative estimate of drug-likeness (QED) is 0.909. The number of amides is 1. The van der Waals surface area contributed by atoms with Crippen molar-refractivity contribution >= 4 is 28.9 Å². The van der Waals surface area contributed by atoms with Crippen LogP contribution in [0.3, 0.4) is 0 Å². The molecule has 0 fully saturated rings. The first-order valence-corrected chi connectivity index (χ1v) is 8.38. The lowest BCUT2D eigenvalue weighted by atomic mass is 10.1. The first-order valence-electron chi connectivity index (χ1n) is 8.01. The third-order valence-electron chi connectivity index (χ3n) is 4.51. The summed E-state index contributed by atoms with van der Waals surface area (Å²) in [4.78, 5) is 14.9. The van der Waals surface area contributed by atoms with E-state index >= 15 is 0 Å². The number of hydrogen-bond acceptors (Lipinski definition) is 3. The van der Waals surface area contributed by atoms with Crippen LogP contribution in [0.5, 0.6) is 5.75 Å². The maximum Gasteiger partial charge on any atom is 0.246 e. The van der Waals surface area contributed by atoms with Crippen molar-refractivity contribution in [2.75, 3.05) is 23.9 Å². The van der Waals surface area contributed by atoms with Gasteiger partial charge in [-0.05, 0) is 43.5 Å². The standard InChI is InChI=1S/C19H21ClN2O2/c1-12-10-16(18(24-3)11-15(12)20)21-19(23)13(2)22-9-8-14-6-4-5-7-17(14)22/h4-7,10-11,13H,8-9H2,1-3H3,(H,21,23)/t13-/m0/s1. The third-order valence-corrected chi connectivity index (χ3v) is 4.92. The normalized spacial score (nSPS) is 14.2. The number of benzene rings is 2.